The van der Waals surface area contributed by atoms with Crippen LogP contribution < -0.4 is 4.74 Å². The first-order valence-corrected chi connectivity index (χ1v) is 5.29. The van der Waals surface area contributed by atoms with E-state index < -0.39 is 0 Å². The molecule has 84 valence electrons. The highest BCUT2D eigenvalue weighted by Crippen LogP contribution is 2.17. The van der Waals surface area contributed by atoms with Gasteiger partial charge in [0.15, 0.2) is 12.4 Å². The second-order valence-corrected chi connectivity index (χ2v) is 3.51. The quantitative estimate of drug-likeness (QED) is 0.791. The molecule has 0 bridgehead atoms. The van der Waals surface area contributed by atoms with Gasteiger partial charge in [-0.25, -0.2) is 0 Å². The van der Waals surface area contributed by atoms with Crippen molar-refractivity contribution in [3.63, 3.8) is 0 Å². The Kier molecular flexibility index (Phi) is 3.19. The molecule has 0 aliphatic carbocycles. The first-order valence-electron chi connectivity index (χ1n) is 5.29. The zero-order valence-corrected chi connectivity index (χ0v) is 9.43. The van der Waals surface area contributed by atoms with Gasteiger partial charge in [-0.1, -0.05) is 30.3 Å². The molecule has 0 atom stereocenters. The minimum absolute atomic E-state index is 0.317. The van der Waals surface area contributed by atoms with Crippen LogP contribution in [0.15, 0.2) is 28.8 Å². The molecule has 4 nitrogen and oxygen atoms in total. The molecule has 1 aromatic heterocycles. The van der Waals surface area contributed by atoms with E-state index in [1.165, 1.54) is 0 Å². The molecule has 1 aromatic carbocycles. The van der Waals surface area contributed by atoms with Crippen LogP contribution in [0.5, 0.6) is 5.75 Å². The number of hydrogen-bond acceptors (Lipinski definition) is 4. The molecule has 0 amide bonds. The molecule has 0 saturated heterocycles. The maximum atomic E-state index is 5.58. The Labute approximate surface area is 94.2 Å². The van der Waals surface area contributed by atoms with Gasteiger partial charge in [-0.15, -0.1) is 0 Å². The lowest BCUT2D eigenvalue weighted by Crippen LogP contribution is -1.97. The van der Waals surface area contributed by atoms with Crippen molar-refractivity contribution in [3.05, 3.63) is 41.5 Å². The summed E-state index contributed by atoms with van der Waals surface area (Å²) in [6.07, 6.45) is 0.772. The third kappa shape index (κ3) is 2.39. The van der Waals surface area contributed by atoms with Crippen molar-refractivity contribution in [1.82, 2.24) is 10.1 Å². The third-order valence-corrected chi connectivity index (χ3v) is 2.27. The summed E-state index contributed by atoms with van der Waals surface area (Å²) in [5.74, 6) is 2.07. The summed E-state index contributed by atoms with van der Waals surface area (Å²) in [7, 11) is 0. The van der Waals surface area contributed by atoms with Crippen LogP contribution in [0.1, 0.15) is 24.2 Å². The average Bonchev–Trinajstić information content (AvgIpc) is 2.76. The minimum atomic E-state index is 0.317. The highest BCUT2D eigenvalue weighted by atomic mass is 16.5. The molecule has 4 heteroatoms. The van der Waals surface area contributed by atoms with E-state index >= 15 is 0 Å². The summed E-state index contributed by atoms with van der Waals surface area (Å²) in [4.78, 5) is 4.17. The standard InChI is InChI=1S/C12H14N2O2/c1-3-11-13-12(16-14-11)8-15-10-7-5-4-6-9(10)2/h4-7H,3,8H2,1-2H3. The second-order valence-electron chi connectivity index (χ2n) is 3.51. The summed E-state index contributed by atoms with van der Waals surface area (Å²) in [6.45, 7) is 4.30. The average molecular weight is 218 g/mol. The maximum Gasteiger partial charge on any atom is 0.264 e. The fraction of sp³-hybridized carbons (Fsp3) is 0.333. The predicted molar refractivity (Wildman–Crippen MR) is 59.2 cm³/mol. The normalized spacial score (nSPS) is 10.4. The Hall–Kier alpha value is -1.84. The lowest BCUT2D eigenvalue weighted by Gasteiger charge is -2.05. The predicted octanol–water partition coefficient (Wildman–Crippen LogP) is 2.52. The van der Waals surface area contributed by atoms with Crippen molar-refractivity contribution >= 4 is 0 Å². The smallest absolute Gasteiger partial charge is 0.264 e. The van der Waals surface area contributed by atoms with E-state index in [9.17, 15) is 0 Å². The van der Waals surface area contributed by atoms with Gasteiger partial charge < -0.3 is 9.26 Å². The van der Waals surface area contributed by atoms with Crippen LogP contribution in [0, 0.1) is 6.92 Å². The number of ether oxygens (including phenoxy) is 1. The molecule has 0 radical (unpaired) electrons. The minimum Gasteiger partial charge on any atom is -0.483 e. The first kappa shape index (κ1) is 10.7. The Morgan fingerprint density at radius 2 is 2.12 bits per heavy atom. The molecule has 0 aliphatic rings. The highest BCUT2D eigenvalue weighted by molar-refractivity contribution is 5.31. The molecule has 0 unspecified atom stereocenters. The van der Waals surface area contributed by atoms with Crippen molar-refractivity contribution in [2.75, 3.05) is 0 Å². The molecule has 1 heterocycles. The van der Waals surface area contributed by atoms with Gasteiger partial charge in [0.25, 0.3) is 5.89 Å². The van der Waals surface area contributed by atoms with Crippen molar-refractivity contribution in [2.45, 2.75) is 26.9 Å². The van der Waals surface area contributed by atoms with E-state index in [1.807, 2.05) is 38.1 Å². The second kappa shape index (κ2) is 4.79. The van der Waals surface area contributed by atoms with Crippen LogP contribution >= 0.6 is 0 Å². The Bertz CT molecular complexity index is 466. The Morgan fingerprint density at radius 3 is 2.81 bits per heavy atom. The van der Waals surface area contributed by atoms with Crippen LogP contribution in [0.2, 0.25) is 0 Å². The summed E-state index contributed by atoms with van der Waals surface area (Å²) in [6, 6.07) is 7.84. The number of aromatic nitrogens is 2. The van der Waals surface area contributed by atoms with E-state index in [-0.39, 0.29) is 0 Å². The topological polar surface area (TPSA) is 48.2 Å². The number of benzene rings is 1. The summed E-state index contributed by atoms with van der Waals surface area (Å²) < 4.78 is 10.6. The van der Waals surface area contributed by atoms with Crippen molar-refractivity contribution < 1.29 is 9.26 Å². The van der Waals surface area contributed by atoms with Gasteiger partial charge in [0.2, 0.25) is 0 Å². The SMILES string of the molecule is CCc1noc(COc2ccccc2C)n1. The molecule has 0 aliphatic heterocycles. The van der Waals surface area contributed by atoms with Gasteiger partial charge in [0, 0.05) is 6.42 Å². The largest absolute Gasteiger partial charge is 0.483 e. The molecule has 2 rings (SSSR count). The Balaban J connectivity index is 1.99. The molecule has 0 N–H and O–H groups in total. The third-order valence-electron chi connectivity index (χ3n) is 2.27. The van der Waals surface area contributed by atoms with Crippen LogP contribution in [0.3, 0.4) is 0 Å². The number of para-hydroxylation sites is 1. The lowest BCUT2D eigenvalue weighted by molar-refractivity contribution is 0.241. The van der Waals surface area contributed by atoms with Crippen LogP contribution in [0.25, 0.3) is 0 Å². The van der Waals surface area contributed by atoms with Gasteiger partial charge in [-0.3, -0.25) is 0 Å². The molecular weight excluding hydrogens is 204 g/mol. The number of aryl methyl sites for hydroxylation is 2. The van der Waals surface area contributed by atoms with Gasteiger partial charge in [-0.05, 0) is 18.6 Å². The van der Waals surface area contributed by atoms with E-state index in [2.05, 4.69) is 10.1 Å². The number of rotatable bonds is 4. The van der Waals surface area contributed by atoms with E-state index in [4.69, 9.17) is 9.26 Å². The van der Waals surface area contributed by atoms with Crippen LogP contribution in [-0.4, -0.2) is 10.1 Å². The summed E-state index contributed by atoms with van der Waals surface area (Å²) in [5.41, 5.74) is 1.10. The first-order chi connectivity index (χ1) is 7.79. The van der Waals surface area contributed by atoms with Gasteiger partial charge in [0.05, 0.1) is 0 Å². The fourth-order valence-corrected chi connectivity index (χ4v) is 1.35. The van der Waals surface area contributed by atoms with Gasteiger partial charge in [0.1, 0.15) is 5.75 Å². The number of nitrogens with zero attached hydrogens (tertiary/aromatic N) is 2. The van der Waals surface area contributed by atoms with Crippen molar-refractivity contribution in [1.29, 1.82) is 0 Å². The van der Waals surface area contributed by atoms with Crippen molar-refractivity contribution in [2.24, 2.45) is 0 Å². The van der Waals surface area contributed by atoms with E-state index in [0.717, 1.165) is 17.7 Å². The van der Waals surface area contributed by atoms with Crippen LogP contribution in [0.4, 0.5) is 0 Å². The molecular formula is C12H14N2O2. The lowest BCUT2D eigenvalue weighted by atomic mass is 10.2. The van der Waals surface area contributed by atoms with Crippen molar-refractivity contribution in [3.8, 4) is 5.75 Å². The molecule has 0 spiro atoms. The molecule has 0 fully saturated rings. The zero-order chi connectivity index (χ0) is 11.4. The van der Waals surface area contributed by atoms with Gasteiger partial charge >= 0.3 is 0 Å². The maximum absolute atomic E-state index is 5.58. The van der Waals surface area contributed by atoms with E-state index in [0.29, 0.717) is 18.3 Å². The van der Waals surface area contributed by atoms with Gasteiger partial charge in [-0.2, -0.15) is 4.98 Å². The highest BCUT2D eigenvalue weighted by Gasteiger charge is 2.05. The molecule has 2 aromatic rings. The monoisotopic (exact) mass is 218 g/mol. The molecule has 16 heavy (non-hydrogen) atoms. The summed E-state index contributed by atoms with van der Waals surface area (Å²) in [5, 5.41) is 3.80. The zero-order valence-electron chi connectivity index (χ0n) is 9.43. The Morgan fingerprint density at radius 1 is 1.31 bits per heavy atom. The number of hydrogen-bond donors (Lipinski definition) is 0. The molecule has 0 saturated carbocycles. The summed E-state index contributed by atoms with van der Waals surface area (Å²) >= 11 is 0. The van der Waals surface area contributed by atoms with Crippen LogP contribution in [-0.2, 0) is 13.0 Å². The van der Waals surface area contributed by atoms with E-state index in [1.54, 1.807) is 0 Å². The fourth-order valence-electron chi connectivity index (χ4n) is 1.35.